The quantitative estimate of drug-likeness (QED) is 0.0249. The van der Waals surface area contributed by atoms with Crippen LogP contribution >= 0.6 is 0 Å². The van der Waals surface area contributed by atoms with Crippen molar-refractivity contribution in [2.45, 2.75) is 226 Å². The molecule has 0 aliphatic rings. The monoisotopic (exact) mass is 1080 g/mol. The maximum absolute atomic E-state index is 13.8. The van der Waals surface area contributed by atoms with Gasteiger partial charge in [-0.2, -0.15) is 0 Å². The van der Waals surface area contributed by atoms with Gasteiger partial charge in [0.05, 0.1) is 0 Å². The molecule has 4 rings (SSSR count). The van der Waals surface area contributed by atoms with Gasteiger partial charge in [0.1, 0.15) is 12.7 Å². The lowest BCUT2D eigenvalue weighted by Crippen LogP contribution is -2.67. The molecule has 0 saturated heterocycles. The molecule has 0 radical (unpaired) electrons. The molecule has 4 aromatic carbocycles. The van der Waals surface area contributed by atoms with E-state index in [0.29, 0.717) is 45.7 Å². The SMILES string of the molecule is CCCCCCCCCCCCCC(=O)OCC(CN(CCO[Si](c1ccccc1)(c1ccccc1)C(C)(C)C)CCO[Si](c1ccccc1)(c1ccccc1)C(C)(C)C)OC(=O)CCCCCCCCCCCCC. The van der Waals surface area contributed by atoms with Gasteiger partial charge in [-0.25, -0.2) is 0 Å². The van der Waals surface area contributed by atoms with Crippen LogP contribution in [-0.2, 0) is 27.9 Å². The third kappa shape index (κ3) is 22.1. The lowest BCUT2D eigenvalue weighted by Gasteiger charge is -2.44. The lowest BCUT2D eigenvalue weighted by atomic mass is 10.1. The predicted octanol–water partition coefficient (Wildman–Crippen LogP) is 15.3. The van der Waals surface area contributed by atoms with Crippen LogP contribution in [0.15, 0.2) is 121 Å². The number of ether oxygens (including phenoxy) is 2. The zero-order chi connectivity index (χ0) is 54.8. The van der Waals surface area contributed by atoms with Gasteiger partial charge in [-0.15, -0.1) is 0 Å². The van der Waals surface area contributed by atoms with E-state index in [1.54, 1.807) is 0 Å². The van der Waals surface area contributed by atoms with Gasteiger partial charge in [0.25, 0.3) is 16.6 Å². The fourth-order valence-corrected chi connectivity index (χ4v) is 20.4. The molecule has 422 valence electrons. The molecular formula is C67H105NO6Si2. The number of carbonyl (C=O) groups excluding carboxylic acids is 2. The Labute approximate surface area is 466 Å². The minimum atomic E-state index is -2.86. The summed E-state index contributed by atoms with van der Waals surface area (Å²) < 4.78 is 27.4. The molecule has 76 heavy (non-hydrogen) atoms. The fourth-order valence-electron chi connectivity index (χ4n) is 11.3. The summed E-state index contributed by atoms with van der Waals surface area (Å²) in [6, 6.07) is 43.1. The third-order valence-electron chi connectivity index (χ3n) is 15.4. The summed E-state index contributed by atoms with van der Waals surface area (Å²) in [5.41, 5.74) is 0. The number of benzene rings is 4. The summed E-state index contributed by atoms with van der Waals surface area (Å²) >= 11 is 0. The molecule has 0 aliphatic carbocycles. The molecule has 1 unspecified atom stereocenters. The predicted molar refractivity (Wildman–Crippen MR) is 327 cm³/mol. The fraction of sp³-hybridized carbons (Fsp3) is 0.612. The number of carbonyl (C=O) groups is 2. The minimum absolute atomic E-state index is 0.0164. The molecule has 9 heteroatoms. The Morgan fingerprint density at radius 3 is 1.01 bits per heavy atom. The van der Waals surface area contributed by atoms with Crippen molar-refractivity contribution in [3.8, 4) is 0 Å². The number of hydrogen-bond acceptors (Lipinski definition) is 7. The summed E-state index contributed by atoms with van der Waals surface area (Å²) in [5, 5.41) is 4.54. The first-order valence-electron chi connectivity index (χ1n) is 30.4. The Balaban J connectivity index is 1.56. The van der Waals surface area contributed by atoms with Crippen molar-refractivity contribution in [3.05, 3.63) is 121 Å². The van der Waals surface area contributed by atoms with Gasteiger partial charge in [-0.05, 0) is 43.7 Å². The molecular weight excluding hydrogens is 971 g/mol. The van der Waals surface area contributed by atoms with Crippen molar-refractivity contribution in [1.29, 1.82) is 0 Å². The Hall–Kier alpha value is -3.87. The largest absolute Gasteiger partial charge is 0.462 e. The Morgan fingerprint density at radius 1 is 0.421 bits per heavy atom. The van der Waals surface area contributed by atoms with Crippen LogP contribution in [0.1, 0.15) is 209 Å². The third-order valence-corrected chi connectivity index (χ3v) is 25.5. The van der Waals surface area contributed by atoms with Crippen LogP contribution in [0.25, 0.3) is 0 Å². The van der Waals surface area contributed by atoms with Crippen molar-refractivity contribution in [1.82, 2.24) is 4.90 Å². The van der Waals surface area contributed by atoms with Crippen LogP contribution in [0, 0.1) is 0 Å². The van der Waals surface area contributed by atoms with Gasteiger partial charge < -0.3 is 18.3 Å². The minimum Gasteiger partial charge on any atom is -0.462 e. The molecule has 0 aliphatic heterocycles. The van der Waals surface area contributed by atoms with Gasteiger partial charge in [-0.1, -0.05) is 305 Å². The van der Waals surface area contributed by atoms with Gasteiger partial charge in [0, 0.05) is 45.7 Å². The van der Waals surface area contributed by atoms with Crippen LogP contribution in [0.4, 0.5) is 0 Å². The number of esters is 2. The summed E-state index contributed by atoms with van der Waals surface area (Å²) in [4.78, 5) is 29.6. The smallest absolute Gasteiger partial charge is 0.306 e. The molecule has 0 N–H and O–H groups in total. The Kier molecular flexibility index (Phi) is 30.9. The van der Waals surface area contributed by atoms with Crippen LogP contribution in [-0.4, -0.2) is 79.0 Å². The van der Waals surface area contributed by atoms with Gasteiger partial charge in [0.2, 0.25) is 0 Å². The molecule has 0 saturated carbocycles. The molecule has 0 heterocycles. The standard InChI is InChI=1S/C67H105NO6Si2/c1-9-11-13-15-17-19-21-23-25-27-41-51-64(69)71-58-59(74-65(70)52-42-28-26-24-22-20-18-16-14-12-10-2)57-68(53-55-72-75(66(3,4)5,60-43-33-29-34-44-60)61-45-35-30-36-46-61)54-56-73-76(67(6,7)8,62-47-37-31-38-48-62)63-49-39-32-40-50-63/h29-40,43-50,59H,9-28,41-42,51-58H2,1-8H3. The average Bonchev–Trinajstić information content (AvgIpc) is 3.43. The van der Waals surface area contributed by atoms with E-state index >= 15 is 0 Å². The first-order chi connectivity index (χ1) is 36.8. The van der Waals surface area contributed by atoms with Crippen LogP contribution in [0.3, 0.4) is 0 Å². The van der Waals surface area contributed by atoms with E-state index in [1.807, 2.05) is 0 Å². The number of hydrogen-bond donors (Lipinski definition) is 0. The molecule has 0 aromatic heterocycles. The van der Waals surface area contributed by atoms with E-state index < -0.39 is 22.7 Å². The van der Waals surface area contributed by atoms with Crippen LogP contribution in [0.2, 0.25) is 10.1 Å². The Bertz CT molecular complexity index is 1910. The second-order valence-corrected chi connectivity index (χ2v) is 32.3. The van der Waals surface area contributed by atoms with E-state index in [-0.39, 0.29) is 28.6 Å². The number of nitrogens with zero attached hydrogens (tertiary/aromatic N) is 1. The van der Waals surface area contributed by atoms with Gasteiger partial charge >= 0.3 is 11.9 Å². The summed E-state index contributed by atoms with van der Waals surface area (Å²) in [5.74, 6) is -0.451. The highest BCUT2D eigenvalue weighted by molar-refractivity contribution is 7.00. The first-order valence-corrected chi connectivity index (χ1v) is 34.2. The van der Waals surface area contributed by atoms with Crippen molar-refractivity contribution < 1.29 is 27.9 Å². The molecule has 4 aromatic rings. The van der Waals surface area contributed by atoms with E-state index in [0.717, 1.165) is 38.5 Å². The molecule has 0 amide bonds. The van der Waals surface area contributed by atoms with Crippen LogP contribution < -0.4 is 20.7 Å². The van der Waals surface area contributed by atoms with Crippen molar-refractivity contribution >= 4 is 49.3 Å². The van der Waals surface area contributed by atoms with Crippen molar-refractivity contribution in [3.63, 3.8) is 0 Å². The van der Waals surface area contributed by atoms with E-state index in [4.69, 9.17) is 18.3 Å². The molecule has 7 nitrogen and oxygen atoms in total. The maximum Gasteiger partial charge on any atom is 0.306 e. The highest BCUT2D eigenvalue weighted by Gasteiger charge is 2.51. The number of rotatable bonds is 41. The summed E-state index contributed by atoms with van der Waals surface area (Å²) in [7, 11) is -5.72. The van der Waals surface area contributed by atoms with Crippen molar-refractivity contribution in [2.75, 3.05) is 39.5 Å². The second kappa shape index (κ2) is 36.3. The van der Waals surface area contributed by atoms with Crippen molar-refractivity contribution in [2.24, 2.45) is 0 Å². The summed E-state index contributed by atoms with van der Waals surface area (Å²) in [6.07, 6.45) is 26.8. The highest BCUT2D eigenvalue weighted by atomic mass is 28.4. The van der Waals surface area contributed by atoms with E-state index in [1.165, 1.54) is 123 Å². The lowest BCUT2D eigenvalue weighted by molar-refractivity contribution is -0.160. The number of unbranched alkanes of at least 4 members (excludes halogenated alkanes) is 20. The van der Waals surface area contributed by atoms with Crippen LogP contribution in [0.5, 0.6) is 0 Å². The first kappa shape index (κ1) is 64.7. The molecule has 0 spiro atoms. The zero-order valence-electron chi connectivity index (χ0n) is 49.2. The topological polar surface area (TPSA) is 74.3 Å². The molecule has 1 atom stereocenters. The highest BCUT2D eigenvalue weighted by Crippen LogP contribution is 2.38. The Morgan fingerprint density at radius 2 is 0.711 bits per heavy atom. The molecule has 0 fully saturated rings. The van der Waals surface area contributed by atoms with Gasteiger partial charge in [0.15, 0.2) is 0 Å². The van der Waals surface area contributed by atoms with Gasteiger partial charge in [-0.3, -0.25) is 14.5 Å². The van der Waals surface area contributed by atoms with E-state index in [9.17, 15) is 9.59 Å². The zero-order valence-corrected chi connectivity index (χ0v) is 51.2. The average molecular weight is 1080 g/mol. The maximum atomic E-state index is 13.8. The molecule has 0 bridgehead atoms. The normalized spacial score (nSPS) is 12.8. The second-order valence-electron chi connectivity index (χ2n) is 23.7. The summed E-state index contributed by atoms with van der Waals surface area (Å²) in [6.45, 7) is 20.8. The van der Waals surface area contributed by atoms with E-state index in [2.05, 4.69) is 182 Å².